The first-order valence-corrected chi connectivity index (χ1v) is 11.3. The van der Waals surface area contributed by atoms with Crippen LogP contribution in [-0.4, -0.2) is 24.7 Å². The van der Waals surface area contributed by atoms with Gasteiger partial charge in [-0.3, -0.25) is 4.79 Å². The maximum Gasteiger partial charge on any atom is 0.310 e. The van der Waals surface area contributed by atoms with Gasteiger partial charge in [-0.2, -0.15) is 0 Å². The van der Waals surface area contributed by atoms with Crippen molar-refractivity contribution in [1.82, 2.24) is 4.98 Å². The molecule has 4 rings (SSSR count). The number of esters is 1. The Balaban J connectivity index is 1.33. The zero-order valence-electron chi connectivity index (χ0n) is 18.9. The monoisotopic (exact) mass is 439 g/mol. The first-order chi connectivity index (χ1) is 16.2. The molecule has 1 heterocycles. The predicted molar refractivity (Wildman–Crippen MR) is 134 cm³/mol. The Morgan fingerprint density at radius 1 is 0.909 bits per heavy atom. The summed E-state index contributed by atoms with van der Waals surface area (Å²) in [5.41, 5.74) is 5.47. The van der Waals surface area contributed by atoms with Crippen LogP contribution in [0.5, 0.6) is 5.75 Å². The molecule has 0 fully saturated rings. The average Bonchev–Trinajstić information content (AvgIpc) is 3.27. The smallest absolute Gasteiger partial charge is 0.310 e. The molecule has 0 spiro atoms. The van der Waals surface area contributed by atoms with Gasteiger partial charge in [-0.1, -0.05) is 66.7 Å². The summed E-state index contributed by atoms with van der Waals surface area (Å²) in [5, 5.41) is 1.05. The molecule has 4 heteroatoms. The lowest BCUT2D eigenvalue weighted by molar-refractivity contribution is -0.139. The van der Waals surface area contributed by atoms with Crippen molar-refractivity contribution in [2.75, 3.05) is 13.7 Å². The first-order valence-electron chi connectivity index (χ1n) is 11.3. The Bertz CT molecular complexity index is 1210. The zero-order chi connectivity index (χ0) is 22.9. The summed E-state index contributed by atoms with van der Waals surface area (Å²) >= 11 is 0. The molecule has 33 heavy (non-hydrogen) atoms. The first kappa shape index (κ1) is 22.4. The molecule has 3 aromatic carbocycles. The van der Waals surface area contributed by atoms with Gasteiger partial charge in [0.15, 0.2) is 0 Å². The van der Waals surface area contributed by atoms with Crippen molar-refractivity contribution in [3.8, 4) is 5.75 Å². The lowest BCUT2D eigenvalue weighted by Crippen LogP contribution is -2.03. The number of H-pyrrole nitrogens is 1. The van der Waals surface area contributed by atoms with E-state index in [4.69, 9.17) is 9.47 Å². The molecule has 0 bridgehead atoms. The molecule has 0 saturated heterocycles. The topological polar surface area (TPSA) is 51.3 Å². The van der Waals surface area contributed by atoms with Gasteiger partial charge in [-0.25, -0.2) is 0 Å². The van der Waals surface area contributed by atoms with Gasteiger partial charge in [0.25, 0.3) is 0 Å². The molecule has 0 saturated carbocycles. The van der Waals surface area contributed by atoms with Crippen LogP contribution in [0, 0.1) is 0 Å². The molecule has 4 nitrogen and oxygen atoms in total. The average molecular weight is 440 g/mol. The van der Waals surface area contributed by atoms with Crippen molar-refractivity contribution in [2.24, 2.45) is 0 Å². The Labute approximate surface area is 194 Å². The highest BCUT2D eigenvalue weighted by Gasteiger charge is 2.11. The fourth-order valence-corrected chi connectivity index (χ4v) is 3.92. The van der Waals surface area contributed by atoms with Crippen molar-refractivity contribution in [3.63, 3.8) is 0 Å². The van der Waals surface area contributed by atoms with E-state index in [9.17, 15) is 4.79 Å². The zero-order valence-corrected chi connectivity index (χ0v) is 18.9. The van der Waals surface area contributed by atoms with E-state index in [1.54, 1.807) is 0 Å². The Morgan fingerprint density at radius 2 is 1.73 bits per heavy atom. The molecule has 1 aromatic heterocycles. The standard InChI is InChI=1S/C29H29NO3/c1-32-28(31)20-25-21-30-27-12-7-11-24(29(25)27)16-13-23-14-17-26(18-15-23)33-19-6-5-10-22-8-3-2-4-9-22/h2-4,7-9,11-18,21,30H,5-6,10,19-20H2,1H3. The molecule has 0 aliphatic rings. The van der Waals surface area contributed by atoms with E-state index in [0.29, 0.717) is 0 Å². The largest absolute Gasteiger partial charge is 0.494 e. The van der Waals surface area contributed by atoms with Crippen LogP contribution in [0.15, 0.2) is 79.0 Å². The fraction of sp³-hybridized carbons (Fsp3) is 0.207. The van der Waals surface area contributed by atoms with Crippen LogP contribution in [0.3, 0.4) is 0 Å². The number of hydrogen-bond acceptors (Lipinski definition) is 3. The van der Waals surface area contributed by atoms with Crippen LogP contribution < -0.4 is 4.74 Å². The van der Waals surface area contributed by atoms with E-state index >= 15 is 0 Å². The number of ether oxygens (including phenoxy) is 2. The lowest BCUT2D eigenvalue weighted by atomic mass is 10.0. The summed E-state index contributed by atoms with van der Waals surface area (Å²) in [5.74, 6) is 0.644. The van der Waals surface area contributed by atoms with Crippen molar-refractivity contribution in [2.45, 2.75) is 25.7 Å². The van der Waals surface area contributed by atoms with E-state index < -0.39 is 0 Å². The van der Waals surface area contributed by atoms with E-state index in [1.807, 2.05) is 30.5 Å². The van der Waals surface area contributed by atoms with Crippen LogP contribution in [-0.2, 0) is 22.4 Å². The van der Waals surface area contributed by atoms with Crippen LogP contribution >= 0.6 is 0 Å². The van der Waals surface area contributed by atoms with Gasteiger partial charge in [-0.05, 0) is 59.7 Å². The molecule has 0 aliphatic carbocycles. The number of hydrogen-bond donors (Lipinski definition) is 1. The number of nitrogens with one attached hydrogen (secondary N) is 1. The number of methoxy groups -OCH3 is 1. The summed E-state index contributed by atoms with van der Waals surface area (Å²) in [6.45, 7) is 0.723. The van der Waals surface area contributed by atoms with Crippen molar-refractivity contribution in [3.05, 3.63) is 101 Å². The van der Waals surface area contributed by atoms with E-state index in [-0.39, 0.29) is 12.4 Å². The summed E-state index contributed by atoms with van der Waals surface area (Å²) in [7, 11) is 1.41. The number of carbonyl (C=O) groups excluding carboxylic acids is 1. The molecular weight excluding hydrogens is 410 g/mol. The quantitative estimate of drug-likeness (QED) is 0.175. The highest BCUT2D eigenvalue weighted by atomic mass is 16.5. The van der Waals surface area contributed by atoms with Gasteiger partial charge >= 0.3 is 5.97 Å². The third-order valence-electron chi connectivity index (χ3n) is 5.69. The van der Waals surface area contributed by atoms with Crippen molar-refractivity contribution < 1.29 is 14.3 Å². The summed E-state index contributed by atoms with van der Waals surface area (Å²) in [6.07, 6.45) is 9.52. The highest BCUT2D eigenvalue weighted by molar-refractivity contribution is 5.95. The van der Waals surface area contributed by atoms with Crippen LogP contribution in [0.4, 0.5) is 0 Å². The fourth-order valence-electron chi connectivity index (χ4n) is 3.92. The van der Waals surface area contributed by atoms with Gasteiger partial charge in [0.2, 0.25) is 0 Å². The van der Waals surface area contributed by atoms with Crippen LogP contribution in [0.25, 0.3) is 23.1 Å². The molecular formula is C29H29NO3. The molecule has 0 aliphatic heterocycles. The summed E-state index contributed by atoms with van der Waals surface area (Å²) in [6, 6.07) is 24.8. The summed E-state index contributed by atoms with van der Waals surface area (Å²) < 4.78 is 10.7. The Hall–Kier alpha value is -3.79. The SMILES string of the molecule is COC(=O)Cc1c[nH]c2cccc(C=Cc3ccc(OCCCCc4ccccc4)cc3)c12. The third kappa shape index (κ3) is 6.13. The minimum absolute atomic E-state index is 0.245. The highest BCUT2D eigenvalue weighted by Crippen LogP contribution is 2.25. The minimum Gasteiger partial charge on any atom is -0.494 e. The maximum absolute atomic E-state index is 11.8. The molecule has 0 atom stereocenters. The van der Waals surface area contributed by atoms with Gasteiger partial charge in [0.1, 0.15) is 5.75 Å². The second-order valence-corrected chi connectivity index (χ2v) is 8.03. The van der Waals surface area contributed by atoms with E-state index in [0.717, 1.165) is 59.2 Å². The molecule has 1 N–H and O–H groups in total. The number of rotatable bonds is 10. The Kier molecular flexibility index (Phi) is 7.60. The van der Waals surface area contributed by atoms with Crippen molar-refractivity contribution in [1.29, 1.82) is 0 Å². The summed E-state index contributed by atoms with van der Waals surface area (Å²) in [4.78, 5) is 15.0. The second-order valence-electron chi connectivity index (χ2n) is 8.03. The van der Waals surface area contributed by atoms with Gasteiger partial charge < -0.3 is 14.5 Å². The number of aryl methyl sites for hydroxylation is 1. The number of unbranched alkanes of at least 4 members (excludes halogenated alkanes) is 1. The molecule has 0 amide bonds. The molecule has 0 radical (unpaired) electrons. The third-order valence-corrected chi connectivity index (χ3v) is 5.69. The number of aromatic nitrogens is 1. The maximum atomic E-state index is 11.8. The molecule has 0 unspecified atom stereocenters. The molecule has 4 aromatic rings. The van der Waals surface area contributed by atoms with Crippen LogP contribution in [0.2, 0.25) is 0 Å². The predicted octanol–water partition coefficient (Wildman–Crippen LogP) is 6.46. The van der Waals surface area contributed by atoms with Gasteiger partial charge in [-0.15, -0.1) is 0 Å². The van der Waals surface area contributed by atoms with Gasteiger partial charge in [0, 0.05) is 17.1 Å². The second kappa shape index (κ2) is 11.2. The Morgan fingerprint density at radius 3 is 2.52 bits per heavy atom. The van der Waals surface area contributed by atoms with Crippen molar-refractivity contribution >= 4 is 29.0 Å². The van der Waals surface area contributed by atoms with E-state index in [2.05, 4.69) is 65.7 Å². The minimum atomic E-state index is -0.245. The molecule has 168 valence electrons. The lowest BCUT2D eigenvalue weighted by Gasteiger charge is -2.07. The van der Waals surface area contributed by atoms with Crippen LogP contribution in [0.1, 0.15) is 35.1 Å². The van der Waals surface area contributed by atoms with E-state index in [1.165, 1.54) is 12.7 Å². The number of carbonyl (C=O) groups is 1. The van der Waals surface area contributed by atoms with Gasteiger partial charge in [0.05, 0.1) is 20.1 Å². The normalized spacial score (nSPS) is 11.2. The number of fused-ring (bicyclic) bond motifs is 1. The number of aromatic amines is 1. The number of benzene rings is 3.